The van der Waals surface area contributed by atoms with E-state index in [1.54, 1.807) is 0 Å². The number of aryl methyl sites for hydroxylation is 1. The van der Waals surface area contributed by atoms with Crippen LogP contribution in [0, 0.1) is 0 Å². The smallest absolute Gasteiger partial charge is 0.220 e. The van der Waals surface area contributed by atoms with Crippen LogP contribution in [0.15, 0.2) is 30.3 Å². The van der Waals surface area contributed by atoms with Crippen LogP contribution in [0.2, 0.25) is 0 Å². The molecule has 0 unspecified atom stereocenters. The number of carbonyl (C=O) groups excluding carboxylic acids is 1. The lowest BCUT2D eigenvalue weighted by atomic mass is 10.1. The Kier molecular flexibility index (Phi) is 6.38. The summed E-state index contributed by atoms with van der Waals surface area (Å²) in [5, 5.41) is 3.05. The third-order valence-corrected chi connectivity index (χ3v) is 2.87. The predicted octanol–water partition coefficient (Wildman–Crippen LogP) is 3.31. The van der Waals surface area contributed by atoms with Crippen LogP contribution in [0.25, 0.3) is 0 Å². The molecule has 1 aromatic rings. The van der Waals surface area contributed by atoms with Gasteiger partial charge in [-0.15, -0.1) is 0 Å². The molecule has 1 N–H and O–H groups in total. The molecule has 0 heterocycles. The minimum atomic E-state index is 0.187. The van der Waals surface area contributed by atoms with E-state index in [-0.39, 0.29) is 11.9 Å². The Morgan fingerprint density at radius 2 is 2.00 bits per heavy atom. The molecule has 94 valence electrons. The topological polar surface area (TPSA) is 29.1 Å². The van der Waals surface area contributed by atoms with Crippen LogP contribution in [-0.2, 0) is 11.2 Å². The first-order valence-electron chi connectivity index (χ1n) is 6.55. The molecular weight excluding hydrogens is 210 g/mol. The van der Waals surface area contributed by atoms with E-state index in [9.17, 15) is 4.79 Å². The number of rotatable bonds is 7. The minimum Gasteiger partial charge on any atom is -0.354 e. The molecule has 1 rings (SSSR count). The van der Waals surface area contributed by atoms with Crippen molar-refractivity contribution in [2.45, 2.75) is 52.0 Å². The van der Waals surface area contributed by atoms with Gasteiger partial charge in [-0.25, -0.2) is 0 Å². The van der Waals surface area contributed by atoms with Crippen molar-refractivity contribution < 1.29 is 4.79 Å². The summed E-state index contributed by atoms with van der Waals surface area (Å²) < 4.78 is 0. The van der Waals surface area contributed by atoms with Gasteiger partial charge in [0.05, 0.1) is 0 Å². The van der Waals surface area contributed by atoms with Crippen molar-refractivity contribution >= 4 is 5.91 Å². The summed E-state index contributed by atoms with van der Waals surface area (Å²) in [6.45, 7) is 4.18. The maximum absolute atomic E-state index is 11.5. The van der Waals surface area contributed by atoms with Gasteiger partial charge in [0.15, 0.2) is 0 Å². The van der Waals surface area contributed by atoms with Crippen molar-refractivity contribution in [2.24, 2.45) is 0 Å². The Balaban J connectivity index is 2.21. The van der Waals surface area contributed by atoms with E-state index in [4.69, 9.17) is 0 Å². The highest BCUT2D eigenvalue weighted by atomic mass is 16.1. The van der Waals surface area contributed by atoms with Crippen molar-refractivity contribution in [2.75, 3.05) is 0 Å². The Morgan fingerprint density at radius 3 is 2.65 bits per heavy atom. The monoisotopic (exact) mass is 233 g/mol. The van der Waals surface area contributed by atoms with Gasteiger partial charge < -0.3 is 5.32 Å². The van der Waals surface area contributed by atoms with Crippen LogP contribution in [0.3, 0.4) is 0 Å². The zero-order valence-corrected chi connectivity index (χ0v) is 10.9. The summed E-state index contributed by atoms with van der Waals surface area (Å²) in [5.41, 5.74) is 1.34. The molecule has 2 nitrogen and oxygen atoms in total. The molecule has 2 heteroatoms. The van der Waals surface area contributed by atoms with Gasteiger partial charge in [0.25, 0.3) is 0 Å². The molecule has 0 aliphatic rings. The summed E-state index contributed by atoms with van der Waals surface area (Å²) in [7, 11) is 0. The number of nitrogens with one attached hydrogen (secondary N) is 1. The average molecular weight is 233 g/mol. The average Bonchev–Trinajstić information content (AvgIpc) is 2.35. The highest BCUT2D eigenvalue weighted by Gasteiger charge is 2.06. The largest absolute Gasteiger partial charge is 0.354 e. The second-order valence-electron chi connectivity index (χ2n) is 4.60. The van der Waals surface area contributed by atoms with Crippen LogP contribution in [-0.4, -0.2) is 11.9 Å². The van der Waals surface area contributed by atoms with E-state index in [0.29, 0.717) is 6.42 Å². The van der Waals surface area contributed by atoms with Gasteiger partial charge in [0.2, 0.25) is 5.91 Å². The number of unbranched alkanes of at least 4 members (excludes halogenated alkanes) is 1. The third kappa shape index (κ3) is 6.10. The second-order valence-corrected chi connectivity index (χ2v) is 4.60. The molecule has 0 spiro atoms. The summed E-state index contributed by atoms with van der Waals surface area (Å²) in [6.07, 6.45) is 4.74. The molecule has 0 aromatic heterocycles. The predicted molar refractivity (Wildman–Crippen MR) is 71.9 cm³/mol. The van der Waals surface area contributed by atoms with Crippen LogP contribution in [0.4, 0.5) is 0 Å². The van der Waals surface area contributed by atoms with Crippen LogP contribution in [0.1, 0.15) is 45.1 Å². The standard InChI is InChI=1S/C15H23NO/c1-3-4-10-15(17)16-13(2)11-12-14-8-6-5-7-9-14/h5-9,13H,3-4,10-12H2,1-2H3,(H,16,17)/t13-/m1/s1. The third-order valence-electron chi connectivity index (χ3n) is 2.87. The first-order chi connectivity index (χ1) is 8.22. The number of hydrogen-bond donors (Lipinski definition) is 1. The van der Waals surface area contributed by atoms with E-state index < -0.39 is 0 Å². The Hall–Kier alpha value is -1.31. The molecule has 0 aliphatic heterocycles. The van der Waals surface area contributed by atoms with Gasteiger partial charge in [-0.05, 0) is 31.7 Å². The number of carbonyl (C=O) groups is 1. The quantitative estimate of drug-likeness (QED) is 0.769. The van der Waals surface area contributed by atoms with Crippen LogP contribution < -0.4 is 5.32 Å². The first-order valence-corrected chi connectivity index (χ1v) is 6.55. The van der Waals surface area contributed by atoms with Crippen molar-refractivity contribution in [3.63, 3.8) is 0 Å². The summed E-state index contributed by atoms with van der Waals surface area (Å²) in [5.74, 6) is 0.187. The van der Waals surface area contributed by atoms with Crippen molar-refractivity contribution in [1.29, 1.82) is 0 Å². The lowest BCUT2D eigenvalue weighted by molar-refractivity contribution is -0.121. The Bertz CT molecular complexity index is 321. The van der Waals surface area contributed by atoms with E-state index in [1.807, 2.05) is 6.07 Å². The van der Waals surface area contributed by atoms with Crippen LogP contribution >= 0.6 is 0 Å². The first kappa shape index (κ1) is 13.8. The molecule has 0 bridgehead atoms. The molecule has 0 fully saturated rings. The normalized spacial score (nSPS) is 12.1. The highest BCUT2D eigenvalue weighted by molar-refractivity contribution is 5.76. The van der Waals surface area contributed by atoms with Crippen LogP contribution in [0.5, 0.6) is 0 Å². The fourth-order valence-electron chi connectivity index (χ4n) is 1.78. The van der Waals surface area contributed by atoms with Gasteiger partial charge >= 0.3 is 0 Å². The molecule has 0 radical (unpaired) electrons. The SMILES string of the molecule is CCCCC(=O)N[C@H](C)CCc1ccccc1. The molecule has 0 saturated carbocycles. The van der Waals surface area contributed by atoms with Gasteiger partial charge in [-0.1, -0.05) is 43.7 Å². The Labute approximate surface area is 104 Å². The fourth-order valence-corrected chi connectivity index (χ4v) is 1.78. The van der Waals surface area contributed by atoms with Crippen molar-refractivity contribution in [1.82, 2.24) is 5.32 Å². The second kappa shape index (κ2) is 7.88. The minimum absolute atomic E-state index is 0.187. The van der Waals surface area contributed by atoms with E-state index >= 15 is 0 Å². The molecule has 1 amide bonds. The number of hydrogen-bond acceptors (Lipinski definition) is 1. The highest BCUT2D eigenvalue weighted by Crippen LogP contribution is 2.05. The molecule has 0 aliphatic carbocycles. The van der Waals surface area contributed by atoms with Gasteiger partial charge in [-0.2, -0.15) is 0 Å². The van der Waals surface area contributed by atoms with Crippen molar-refractivity contribution in [3.05, 3.63) is 35.9 Å². The zero-order chi connectivity index (χ0) is 12.5. The lowest BCUT2D eigenvalue weighted by Gasteiger charge is -2.13. The lowest BCUT2D eigenvalue weighted by Crippen LogP contribution is -2.32. The van der Waals surface area contributed by atoms with Gasteiger partial charge in [0, 0.05) is 12.5 Å². The summed E-state index contributed by atoms with van der Waals surface area (Å²) in [6, 6.07) is 10.7. The number of amides is 1. The maximum atomic E-state index is 11.5. The number of benzene rings is 1. The molecule has 1 atom stereocenters. The summed E-state index contributed by atoms with van der Waals surface area (Å²) >= 11 is 0. The van der Waals surface area contributed by atoms with Crippen molar-refractivity contribution in [3.8, 4) is 0 Å². The van der Waals surface area contributed by atoms with Gasteiger partial charge in [0.1, 0.15) is 0 Å². The van der Waals surface area contributed by atoms with E-state index in [0.717, 1.165) is 25.7 Å². The maximum Gasteiger partial charge on any atom is 0.220 e. The van der Waals surface area contributed by atoms with Gasteiger partial charge in [-0.3, -0.25) is 4.79 Å². The molecule has 0 saturated heterocycles. The fraction of sp³-hybridized carbons (Fsp3) is 0.533. The summed E-state index contributed by atoms with van der Waals surface area (Å²) in [4.78, 5) is 11.5. The van der Waals surface area contributed by atoms with E-state index in [2.05, 4.69) is 43.4 Å². The molecular formula is C15H23NO. The Morgan fingerprint density at radius 1 is 1.29 bits per heavy atom. The van der Waals surface area contributed by atoms with E-state index in [1.165, 1.54) is 5.56 Å². The zero-order valence-electron chi connectivity index (χ0n) is 10.9. The molecule has 1 aromatic carbocycles. The molecule has 17 heavy (non-hydrogen) atoms.